The van der Waals surface area contributed by atoms with Gasteiger partial charge in [-0.05, 0) is 43.9 Å². The van der Waals surface area contributed by atoms with Gasteiger partial charge in [0.15, 0.2) is 5.82 Å². The van der Waals surface area contributed by atoms with E-state index < -0.39 is 0 Å². The molecule has 1 saturated heterocycles. The van der Waals surface area contributed by atoms with Crippen LogP contribution in [0.4, 0.5) is 5.82 Å². The minimum absolute atomic E-state index is 0.671. The number of ether oxygens (including phenoxy) is 1. The van der Waals surface area contributed by atoms with Crippen molar-refractivity contribution in [2.24, 2.45) is 5.92 Å². The fourth-order valence-corrected chi connectivity index (χ4v) is 3.51. The van der Waals surface area contributed by atoms with Gasteiger partial charge in [0.05, 0.1) is 5.69 Å². The van der Waals surface area contributed by atoms with Crippen molar-refractivity contribution in [3.05, 3.63) is 35.7 Å². The minimum Gasteiger partial charge on any atom is -0.381 e. The quantitative estimate of drug-likeness (QED) is 0.869. The molecule has 2 aliphatic heterocycles. The topological polar surface area (TPSA) is 72.0 Å². The van der Waals surface area contributed by atoms with E-state index in [1.165, 1.54) is 12.0 Å². The van der Waals surface area contributed by atoms with Crippen LogP contribution in [0.2, 0.25) is 0 Å². The molecule has 0 aromatic carbocycles. The molecule has 1 fully saturated rings. The highest BCUT2D eigenvalue weighted by molar-refractivity contribution is 5.57. The maximum absolute atomic E-state index is 5.47. The van der Waals surface area contributed by atoms with Gasteiger partial charge < -0.3 is 15.4 Å². The van der Waals surface area contributed by atoms with Crippen LogP contribution in [-0.4, -0.2) is 47.8 Å². The number of pyridine rings is 1. The summed E-state index contributed by atoms with van der Waals surface area (Å²) in [6.07, 6.45) is 5.98. The van der Waals surface area contributed by atoms with Gasteiger partial charge in [-0.3, -0.25) is 4.98 Å². The van der Waals surface area contributed by atoms with Gasteiger partial charge in [0.1, 0.15) is 11.5 Å². The van der Waals surface area contributed by atoms with Crippen molar-refractivity contribution in [3.8, 4) is 11.5 Å². The Morgan fingerprint density at radius 2 is 2.16 bits per heavy atom. The monoisotopic (exact) mass is 339 g/mol. The summed E-state index contributed by atoms with van der Waals surface area (Å²) < 4.78 is 5.47. The van der Waals surface area contributed by atoms with Crippen molar-refractivity contribution < 1.29 is 4.74 Å². The summed E-state index contributed by atoms with van der Waals surface area (Å²) in [6, 6.07) is 5.86. The molecule has 6 nitrogen and oxygen atoms in total. The first-order chi connectivity index (χ1) is 12.4. The van der Waals surface area contributed by atoms with Gasteiger partial charge in [0, 0.05) is 44.5 Å². The number of aromatic nitrogens is 3. The molecule has 6 heteroatoms. The molecular weight excluding hydrogens is 314 g/mol. The Bertz CT molecular complexity index is 700. The van der Waals surface area contributed by atoms with Crippen molar-refractivity contribution in [3.63, 3.8) is 0 Å². The van der Waals surface area contributed by atoms with Crippen molar-refractivity contribution in [1.82, 2.24) is 20.3 Å². The van der Waals surface area contributed by atoms with Crippen LogP contribution in [0.3, 0.4) is 0 Å². The molecule has 0 unspecified atom stereocenters. The number of nitrogens with zero attached hydrogens (tertiary/aromatic N) is 3. The Hall–Kier alpha value is -2.05. The normalized spacial score (nSPS) is 20.1. The molecule has 0 amide bonds. The van der Waals surface area contributed by atoms with Gasteiger partial charge in [0.2, 0.25) is 0 Å². The first-order valence-electron chi connectivity index (χ1n) is 9.23. The van der Waals surface area contributed by atoms with Crippen LogP contribution in [0.5, 0.6) is 0 Å². The van der Waals surface area contributed by atoms with E-state index in [0.717, 1.165) is 69.3 Å². The van der Waals surface area contributed by atoms with Crippen molar-refractivity contribution in [2.75, 3.05) is 38.2 Å². The zero-order valence-electron chi connectivity index (χ0n) is 14.5. The van der Waals surface area contributed by atoms with Gasteiger partial charge in [-0.25, -0.2) is 9.97 Å². The summed E-state index contributed by atoms with van der Waals surface area (Å²) in [6.45, 7) is 4.66. The summed E-state index contributed by atoms with van der Waals surface area (Å²) >= 11 is 0. The lowest BCUT2D eigenvalue weighted by molar-refractivity contribution is 0.185. The molecule has 0 spiro atoms. The van der Waals surface area contributed by atoms with Crippen molar-refractivity contribution in [2.45, 2.75) is 25.7 Å². The zero-order valence-corrected chi connectivity index (χ0v) is 14.5. The second-order valence-electron chi connectivity index (χ2n) is 6.73. The molecule has 0 bridgehead atoms. The molecule has 25 heavy (non-hydrogen) atoms. The second kappa shape index (κ2) is 7.89. The van der Waals surface area contributed by atoms with E-state index in [-0.39, 0.29) is 0 Å². The maximum atomic E-state index is 5.47. The van der Waals surface area contributed by atoms with Crippen LogP contribution in [0, 0.1) is 5.92 Å². The van der Waals surface area contributed by atoms with Crippen LogP contribution < -0.4 is 10.6 Å². The Kier molecular flexibility index (Phi) is 5.18. The van der Waals surface area contributed by atoms with E-state index in [9.17, 15) is 0 Å². The van der Waals surface area contributed by atoms with Crippen LogP contribution in [0.25, 0.3) is 11.5 Å². The van der Waals surface area contributed by atoms with E-state index in [1.807, 2.05) is 18.2 Å². The first kappa shape index (κ1) is 16.4. The van der Waals surface area contributed by atoms with Gasteiger partial charge in [-0.15, -0.1) is 0 Å². The van der Waals surface area contributed by atoms with E-state index in [0.29, 0.717) is 11.7 Å². The minimum atomic E-state index is 0.671. The third-order valence-corrected chi connectivity index (χ3v) is 4.95. The molecule has 0 aliphatic carbocycles. The molecule has 2 aromatic heterocycles. The molecule has 1 atom stereocenters. The number of anilines is 1. The van der Waals surface area contributed by atoms with Crippen LogP contribution in [0.15, 0.2) is 24.4 Å². The predicted octanol–water partition coefficient (Wildman–Crippen LogP) is 2.07. The lowest BCUT2D eigenvalue weighted by Gasteiger charge is -2.15. The van der Waals surface area contributed by atoms with E-state index in [1.54, 1.807) is 6.20 Å². The van der Waals surface area contributed by atoms with Gasteiger partial charge in [-0.2, -0.15) is 0 Å². The fourth-order valence-electron chi connectivity index (χ4n) is 3.51. The number of hydrogen-bond acceptors (Lipinski definition) is 6. The average Bonchev–Trinajstić information content (AvgIpc) is 3.05. The summed E-state index contributed by atoms with van der Waals surface area (Å²) in [4.78, 5) is 14.1. The van der Waals surface area contributed by atoms with Crippen LogP contribution in [0.1, 0.15) is 24.1 Å². The molecule has 0 radical (unpaired) electrons. The highest BCUT2D eigenvalue weighted by Crippen LogP contribution is 2.24. The van der Waals surface area contributed by atoms with Gasteiger partial charge >= 0.3 is 0 Å². The molecule has 2 N–H and O–H groups in total. The Balaban J connectivity index is 1.58. The predicted molar refractivity (Wildman–Crippen MR) is 97.6 cm³/mol. The fraction of sp³-hybridized carbons (Fsp3) is 0.526. The third kappa shape index (κ3) is 3.96. The second-order valence-corrected chi connectivity index (χ2v) is 6.73. The van der Waals surface area contributed by atoms with Gasteiger partial charge in [0.25, 0.3) is 0 Å². The molecule has 2 aliphatic rings. The van der Waals surface area contributed by atoms with E-state index in [4.69, 9.17) is 14.7 Å². The number of nitrogens with one attached hydrogen (secondary N) is 2. The third-order valence-electron chi connectivity index (χ3n) is 4.95. The molecular formula is C19H25N5O. The molecule has 132 valence electrons. The van der Waals surface area contributed by atoms with E-state index >= 15 is 0 Å². The highest BCUT2D eigenvalue weighted by atomic mass is 16.5. The zero-order chi connectivity index (χ0) is 16.9. The van der Waals surface area contributed by atoms with E-state index in [2.05, 4.69) is 15.6 Å². The van der Waals surface area contributed by atoms with Crippen LogP contribution in [-0.2, 0) is 17.6 Å². The first-order valence-corrected chi connectivity index (χ1v) is 9.23. The summed E-state index contributed by atoms with van der Waals surface area (Å²) in [7, 11) is 0. The maximum Gasteiger partial charge on any atom is 0.180 e. The summed E-state index contributed by atoms with van der Waals surface area (Å²) in [5, 5.41) is 7.03. The van der Waals surface area contributed by atoms with Gasteiger partial charge in [-0.1, -0.05) is 6.07 Å². The highest BCUT2D eigenvalue weighted by Gasteiger charge is 2.19. The molecule has 2 aromatic rings. The Morgan fingerprint density at radius 3 is 3.00 bits per heavy atom. The number of fused-ring (bicyclic) bond motifs is 1. The van der Waals surface area contributed by atoms with Crippen molar-refractivity contribution in [1.29, 1.82) is 0 Å². The number of rotatable bonds is 5. The summed E-state index contributed by atoms with van der Waals surface area (Å²) in [5.41, 5.74) is 3.23. The SMILES string of the molecule is c1ccc(-c2nc3c(c(NCC[C@H]4CCOC4)n2)CCNCC3)nc1. The average molecular weight is 339 g/mol. The lowest BCUT2D eigenvalue weighted by Crippen LogP contribution is -2.16. The number of hydrogen-bond donors (Lipinski definition) is 2. The summed E-state index contributed by atoms with van der Waals surface area (Å²) in [5.74, 6) is 2.37. The molecule has 4 rings (SSSR count). The Morgan fingerprint density at radius 1 is 1.20 bits per heavy atom. The standard InChI is InChI=1S/C19H25N5O/c1-2-8-21-17(3-1)19-23-16-6-10-20-9-5-15(16)18(24-19)22-11-4-14-7-12-25-13-14/h1-3,8,14,20H,4-7,9-13H2,(H,22,23,24)/t14-/m0/s1. The largest absolute Gasteiger partial charge is 0.381 e. The molecule has 0 saturated carbocycles. The smallest absolute Gasteiger partial charge is 0.180 e. The molecule has 4 heterocycles. The Labute approximate surface area is 148 Å². The lowest BCUT2D eigenvalue weighted by atomic mass is 10.1. The van der Waals surface area contributed by atoms with Crippen molar-refractivity contribution >= 4 is 5.82 Å². The van der Waals surface area contributed by atoms with Crippen LogP contribution >= 0.6 is 0 Å².